The maximum absolute atomic E-state index is 12.9. The summed E-state index contributed by atoms with van der Waals surface area (Å²) >= 11 is 0. The number of aromatic amines is 1. The highest BCUT2D eigenvalue weighted by atomic mass is 19.1. The van der Waals surface area contributed by atoms with Crippen molar-refractivity contribution in [3.63, 3.8) is 0 Å². The van der Waals surface area contributed by atoms with Crippen LogP contribution in [0.5, 0.6) is 0 Å². The van der Waals surface area contributed by atoms with E-state index in [2.05, 4.69) is 19.9 Å². The molecule has 0 fully saturated rings. The molecule has 0 saturated carbocycles. The third kappa shape index (κ3) is 3.57. The van der Waals surface area contributed by atoms with Gasteiger partial charge in [0.1, 0.15) is 11.6 Å². The van der Waals surface area contributed by atoms with Gasteiger partial charge in [-0.1, -0.05) is 48.5 Å². The zero-order chi connectivity index (χ0) is 17.8. The summed E-state index contributed by atoms with van der Waals surface area (Å²) in [5.74, 6) is 1.14. The summed E-state index contributed by atoms with van der Waals surface area (Å²) in [5, 5.41) is 0. The Hall–Kier alpha value is -3.60. The maximum Gasteiger partial charge on any atom is 0.159 e. The van der Waals surface area contributed by atoms with Crippen molar-refractivity contribution < 1.29 is 4.39 Å². The summed E-state index contributed by atoms with van der Waals surface area (Å²) in [6.45, 7) is 0. The second-order valence-electron chi connectivity index (χ2n) is 5.73. The van der Waals surface area contributed by atoms with Gasteiger partial charge >= 0.3 is 0 Å². The summed E-state index contributed by atoms with van der Waals surface area (Å²) in [6, 6.07) is 16.1. The first-order valence-electron chi connectivity index (χ1n) is 8.14. The average molecular weight is 342 g/mol. The van der Waals surface area contributed by atoms with Crippen molar-refractivity contribution in [3.05, 3.63) is 90.4 Å². The molecule has 4 aromatic rings. The van der Waals surface area contributed by atoms with Crippen LogP contribution in [0.4, 0.5) is 4.39 Å². The first-order chi connectivity index (χ1) is 12.8. The van der Waals surface area contributed by atoms with E-state index >= 15 is 0 Å². The molecule has 0 radical (unpaired) electrons. The molecule has 0 aliphatic carbocycles. The van der Waals surface area contributed by atoms with Crippen LogP contribution in [0.15, 0.2) is 73.2 Å². The van der Waals surface area contributed by atoms with Gasteiger partial charge in [-0.05, 0) is 23.8 Å². The van der Waals surface area contributed by atoms with Gasteiger partial charge in [0.25, 0.3) is 0 Å². The van der Waals surface area contributed by atoms with E-state index in [-0.39, 0.29) is 5.82 Å². The standard InChI is InChI=1S/C21H15FN4/c22-18-9-6-15(7-10-18)8-11-20-23-14-19(26-20)17-12-24-21(25-13-17)16-4-2-1-3-5-16/h1-14H,(H,23,26)/b11-8+. The van der Waals surface area contributed by atoms with Gasteiger partial charge < -0.3 is 4.98 Å². The lowest BCUT2D eigenvalue weighted by molar-refractivity contribution is 0.628. The lowest BCUT2D eigenvalue weighted by Gasteiger charge is -2.01. The number of benzene rings is 2. The average Bonchev–Trinajstić information content (AvgIpc) is 3.17. The van der Waals surface area contributed by atoms with Crippen molar-refractivity contribution in [3.8, 4) is 22.6 Å². The van der Waals surface area contributed by atoms with Gasteiger partial charge in [0.05, 0.1) is 11.9 Å². The summed E-state index contributed by atoms with van der Waals surface area (Å²) < 4.78 is 12.9. The molecule has 4 nitrogen and oxygen atoms in total. The highest BCUT2D eigenvalue weighted by molar-refractivity contribution is 5.68. The molecule has 126 valence electrons. The van der Waals surface area contributed by atoms with Crippen LogP contribution in [0.1, 0.15) is 11.4 Å². The summed E-state index contributed by atoms with van der Waals surface area (Å²) in [5.41, 5.74) is 3.58. The van der Waals surface area contributed by atoms with E-state index in [1.807, 2.05) is 42.5 Å². The molecule has 0 amide bonds. The Balaban J connectivity index is 1.51. The minimum atomic E-state index is -0.249. The van der Waals surface area contributed by atoms with Gasteiger partial charge in [0, 0.05) is 23.5 Å². The van der Waals surface area contributed by atoms with Crippen molar-refractivity contribution in [2.24, 2.45) is 0 Å². The third-order valence-electron chi connectivity index (χ3n) is 3.89. The molecular weight excluding hydrogens is 327 g/mol. The molecule has 0 spiro atoms. The molecular formula is C21H15FN4. The largest absolute Gasteiger partial charge is 0.338 e. The van der Waals surface area contributed by atoms with Crippen LogP contribution in [0.25, 0.3) is 34.8 Å². The number of H-pyrrole nitrogens is 1. The van der Waals surface area contributed by atoms with E-state index in [4.69, 9.17) is 0 Å². The molecule has 26 heavy (non-hydrogen) atoms. The first kappa shape index (κ1) is 15.9. The van der Waals surface area contributed by atoms with E-state index in [9.17, 15) is 4.39 Å². The molecule has 0 bridgehead atoms. The summed E-state index contributed by atoms with van der Waals surface area (Å²) in [7, 11) is 0. The number of hydrogen-bond acceptors (Lipinski definition) is 3. The maximum atomic E-state index is 12.9. The third-order valence-corrected chi connectivity index (χ3v) is 3.89. The van der Waals surface area contributed by atoms with Gasteiger partial charge in [-0.2, -0.15) is 0 Å². The Bertz CT molecular complexity index is 1020. The van der Waals surface area contributed by atoms with Gasteiger partial charge in [-0.25, -0.2) is 19.3 Å². The van der Waals surface area contributed by atoms with Crippen LogP contribution >= 0.6 is 0 Å². The van der Waals surface area contributed by atoms with Crippen molar-refractivity contribution in [2.75, 3.05) is 0 Å². The van der Waals surface area contributed by atoms with Gasteiger partial charge in [-0.3, -0.25) is 0 Å². The van der Waals surface area contributed by atoms with Gasteiger partial charge in [-0.15, -0.1) is 0 Å². The Morgan fingerprint density at radius 2 is 1.46 bits per heavy atom. The molecule has 0 saturated heterocycles. The predicted octanol–water partition coefficient (Wildman–Crippen LogP) is 4.84. The number of hydrogen-bond donors (Lipinski definition) is 1. The van der Waals surface area contributed by atoms with Crippen LogP contribution < -0.4 is 0 Å². The number of halogens is 1. The molecule has 2 aromatic heterocycles. The zero-order valence-electron chi connectivity index (χ0n) is 13.8. The number of nitrogens with zero attached hydrogens (tertiary/aromatic N) is 3. The second kappa shape index (κ2) is 7.11. The quantitative estimate of drug-likeness (QED) is 0.577. The Kier molecular flexibility index (Phi) is 4.35. The molecule has 0 aliphatic heterocycles. The predicted molar refractivity (Wildman–Crippen MR) is 100 cm³/mol. The van der Waals surface area contributed by atoms with E-state index in [1.54, 1.807) is 30.7 Å². The summed E-state index contributed by atoms with van der Waals surface area (Å²) in [4.78, 5) is 16.4. The van der Waals surface area contributed by atoms with Crippen LogP contribution in [0, 0.1) is 5.82 Å². The van der Waals surface area contributed by atoms with Gasteiger partial charge in [0.15, 0.2) is 5.82 Å². The van der Waals surface area contributed by atoms with Crippen molar-refractivity contribution >= 4 is 12.2 Å². The SMILES string of the molecule is Fc1ccc(/C=C/c2ncc(-c3cnc(-c4ccccc4)nc3)[nH]2)cc1. The lowest BCUT2D eigenvalue weighted by atomic mass is 10.2. The van der Waals surface area contributed by atoms with Crippen molar-refractivity contribution in [2.45, 2.75) is 0 Å². The fourth-order valence-corrected chi connectivity index (χ4v) is 2.52. The Morgan fingerprint density at radius 3 is 2.19 bits per heavy atom. The molecule has 1 N–H and O–H groups in total. The normalized spacial score (nSPS) is 11.1. The van der Waals surface area contributed by atoms with Gasteiger partial charge in [0.2, 0.25) is 0 Å². The Morgan fingerprint density at radius 1 is 0.731 bits per heavy atom. The molecule has 0 aliphatic rings. The lowest BCUT2D eigenvalue weighted by Crippen LogP contribution is -1.89. The molecule has 0 unspecified atom stereocenters. The van der Waals surface area contributed by atoms with Crippen LogP contribution in [0.3, 0.4) is 0 Å². The molecule has 2 heterocycles. The van der Waals surface area contributed by atoms with E-state index in [0.29, 0.717) is 11.6 Å². The monoisotopic (exact) mass is 342 g/mol. The number of imidazole rings is 1. The van der Waals surface area contributed by atoms with Crippen LogP contribution in [0.2, 0.25) is 0 Å². The molecule has 0 atom stereocenters. The number of nitrogens with one attached hydrogen (secondary N) is 1. The van der Waals surface area contributed by atoms with Crippen molar-refractivity contribution in [1.29, 1.82) is 0 Å². The van der Waals surface area contributed by atoms with E-state index in [1.165, 1.54) is 12.1 Å². The molecule has 2 aromatic carbocycles. The Labute approximate surface area is 150 Å². The topological polar surface area (TPSA) is 54.5 Å². The van der Waals surface area contributed by atoms with E-state index in [0.717, 1.165) is 22.4 Å². The van der Waals surface area contributed by atoms with Crippen molar-refractivity contribution in [1.82, 2.24) is 19.9 Å². The first-order valence-corrected chi connectivity index (χ1v) is 8.14. The smallest absolute Gasteiger partial charge is 0.159 e. The van der Waals surface area contributed by atoms with Crippen LogP contribution in [-0.2, 0) is 0 Å². The molecule has 4 rings (SSSR count). The number of rotatable bonds is 4. The fourth-order valence-electron chi connectivity index (χ4n) is 2.52. The molecule has 5 heteroatoms. The zero-order valence-corrected chi connectivity index (χ0v) is 13.8. The highest BCUT2D eigenvalue weighted by Crippen LogP contribution is 2.19. The minimum absolute atomic E-state index is 0.249. The van der Waals surface area contributed by atoms with Crippen LogP contribution in [-0.4, -0.2) is 19.9 Å². The summed E-state index contributed by atoms with van der Waals surface area (Å²) in [6.07, 6.45) is 9.00. The highest BCUT2D eigenvalue weighted by Gasteiger charge is 2.05. The van der Waals surface area contributed by atoms with E-state index < -0.39 is 0 Å². The minimum Gasteiger partial charge on any atom is -0.338 e. The fraction of sp³-hybridized carbons (Fsp3) is 0. The number of aromatic nitrogens is 4. The second-order valence-corrected chi connectivity index (χ2v) is 5.73.